The third-order valence-corrected chi connectivity index (χ3v) is 3.19. The number of hydrogen-bond donors (Lipinski definition) is 1. The Morgan fingerprint density at radius 2 is 1.88 bits per heavy atom. The zero-order valence-electron chi connectivity index (χ0n) is 10.7. The minimum atomic E-state index is -0.808. The first-order chi connectivity index (χ1) is 7.90. The number of aliphatic carboxylic acids is 1. The van der Waals surface area contributed by atoms with Gasteiger partial charge in [0.1, 0.15) is 5.75 Å². The third-order valence-electron chi connectivity index (χ3n) is 3.19. The van der Waals surface area contributed by atoms with Crippen LogP contribution in [0, 0.1) is 0 Å². The highest BCUT2D eigenvalue weighted by molar-refractivity contribution is 5.68. The lowest BCUT2D eigenvalue weighted by Gasteiger charge is -2.35. The van der Waals surface area contributed by atoms with Gasteiger partial charge in [-0.15, -0.1) is 0 Å². The fourth-order valence-corrected chi connectivity index (χ4v) is 1.76. The van der Waals surface area contributed by atoms with Gasteiger partial charge in [0, 0.05) is 0 Å². The van der Waals surface area contributed by atoms with Crippen LogP contribution in [-0.2, 0) is 10.3 Å². The maximum Gasteiger partial charge on any atom is 0.305 e. The van der Waals surface area contributed by atoms with Gasteiger partial charge in [0.15, 0.2) is 0 Å². The molecular weight excluding hydrogens is 218 g/mol. The largest absolute Gasteiger partial charge is 0.497 e. The lowest BCUT2D eigenvalue weighted by molar-refractivity contribution is -0.140. The maximum absolute atomic E-state index is 11.0. The molecule has 1 rings (SSSR count). The number of carboxylic acids is 1. The molecule has 94 valence electrons. The Labute approximate surface area is 102 Å². The average Bonchev–Trinajstić information content (AvgIpc) is 2.28. The number of nitrogens with zero attached hydrogens (tertiary/aromatic N) is 1. The topological polar surface area (TPSA) is 49.8 Å². The summed E-state index contributed by atoms with van der Waals surface area (Å²) in [4.78, 5) is 12.9. The quantitative estimate of drug-likeness (QED) is 0.850. The smallest absolute Gasteiger partial charge is 0.305 e. The van der Waals surface area contributed by atoms with Crippen LogP contribution in [-0.4, -0.2) is 37.2 Å². The van der Waals surface area contributed by atoms with Crippen LogP contribution in [0.5, 0.6) is 5.75 Å². The summed E-state index contributed by atoms with van der Waals surface area (Å²) >= 11 is 0. The summed E-state index contributed by atoms with van der Waals surface area (Å²) in [7, 11) is 5.37. The number of rotatable bonds is 5. The summed E-state index contributed by atoms with van der Waals surface area (Å²) in [5.74, 6) is -0.0396. The van der Waals surface area contributed by atoms with Gasteiger partial charge in [0.2, 0.25) is 0 Å². The molecule has 4 nitrogen and oxygen atoms in total. The predicted octanol–water partition coefficient (Wildman–Crippen LogP) is 1.95. The maximum atomic E-state index is 11.0. The molecule has 1 atom stereocenters. The average molecular weight is 237 g/mol. The molecule has 0 radical (unpaired) electrons. The Morgan fingerprint density at radius 3 is 2.24 bits per heavy atom. The monoisotopic (exact) mass is 237 g/mol. The minimum Gasteiger partial charge on any atom is -0.497 e. The standard InChI is InChI=1S/C13H19NO3/c1-13(14(2)3,9-12(15)16)10-5-7-11(17-4)8-6-10/h5-8H,9H2,1-4H3,(H,15,16). The lowest BCUT2D eigenvalue weighted by atomic mass is 9.87. The summed E-state index contributed by atoms with van der Waals surface area (Å²) in [5.41, 5.74) is 0.448. The van der Waals surface area contributed by atoms with Crippen molar-refractivity contribution in [2.75, 3.05) is 21.2 Å². The number of methoxy groups -OCH3 is 1. The first-order valence-corrected chi connectivity index (χ1v) is 5.44. The second-order valence-electron chi connectivity index (χ2n) is 4.47. The van der Waals surface area contributed by atoms with E-state index in [1.54, 1.807) is 7.11 Å². The third kappa shape index (κ3) is 2.97. The van der Waals surface area contributed by atoms with Crippen LogP contribution in [0.15, 0.2) is 24.3 Å². The molecule has 0 amide bonds. The Hall–Kier alpha value is -1.55. The zero-order chi connectivity index (χ0) is 13.1. The number of ether oxygens (including phenoxy) is 1. The van der Waals surface area contributed by atoms with Crippen molar-refractivity contribution >= 4 is 5.97 Å². The first-order valence-electron chi connectivity index (χ1n) is 5.44. The van der Waals surface area contributed by atoms with E-state index in [1.807, 2.05) is 50.2 Å². The highest BCUT2D eigenvalue weighted by atomic mass is 16.5. The number of hydrogen-bond acceptors (Lipinski definition) is 3. The van der Waals surface area contributed by atoms with Crippen LogP contribution >= 0.6 is 0 Å². The van der Waals surface area contributed by atoms with Crippen LogP contribution < -0.4 is 4.74 Å². The summed E-state index contributed by atoms with van der Waals surface area (Å²) < 4.78 is 5.09. The van der Waals surface area contributed by atoms with Gasteiger partial charge < -0.3 is 9.84 Å². The Kier molecular flexibility index (Phi) is 4.12. The molecule has 4 heteroatoms. The van der Waals surface area contributed by atoms with Gasteiger partial charge in [-0.05, 0) is 38.7 Å². The van der Waals surface area contributed by atoms with Crippen LogP contribution in [0.25, 0.3) is 0 Å². The van der Waals surface area contributed by atoms with Crippen LogP contribution in [0.2, 0.25) is 0 Å². The molecule has 1 unspecified atom stereocenters. The normalized spacial score (nSPS) is 14.4. The molecule has 1 aromatic rings. The van der Waals surface area contributed by atoms with E-state index in [9.17, 15) is 4.79 Å². The van der Waals surface area contributed by atoms with Gasteiger partial charge in [-0.3, -0.25) is 9.69 Å². The van der Waals surface area contributed by atoms with E-state index in [2.05, 4.69) is 0 Å². The molecule has 0 fully saturated rings. The van der Waals surface area contributed by atoms with Gasteiger partial charge in [-0.25, -0.2) is 0 Å². The van der Waals surface area contributed by atoms with Crippen molar-refractivity contribution in [1.29, 1.82) is 0 Å². The van der Waals surface area contributed by atoms with E-state index in [0.717, 1.165) is 11.3 Å². The van der Waals surface area contributed by atoms with Crippen molar-refractivity contribution < 1.29 is 14.6 Å². The van der Waals surface area contributed by atoms with Crippen molar-refractivity contribution in [3.63, 3.8) is 0 Å². The molecule has 1 aromatic carbocycles. The van der Waals surface area contributed by atoms with E-state index in [4.69, 9.17) is 9.84 Å². The molecule has 17 heavy (non-hydrogen) atoms. The lowest BCUT2D eigenvalue weighted by Crippen LogP contribution is -2.40. The van der Waals surface area contributed by atoms with Crippen molar-refractivity contribution in [1.82, 2.24) is 4.90 Å². The van der Waals surface area contributed by atoms with Crippen LogP contribution in [0.4, 0.5) is 0 Å². The molecule has 0 saturated heterocycles. The molecule has 0 aliphatic heterocycles. The Morgan fingerprint density at radius 1 is 1.35 bits per heavy atom. The van der Waals surface area contributed by atoms with E-state index in [0.29, 0.717) is 0 Å². The summed E-state index contributed by atoms with van der Waals surface area (Å²) in [6.45, 7) is 1.92. The van der Waals surface area contributed by atoms with Gasteiger partial charge in [-0.1, -0.05) is 12.1 Å². The van der Waals surface area contributed by atoms with Crippen LogP contribution in [0.3, 0.4) is 0 Å². The van der Waals surface area contributed by atoms with Crippen LogP contribution in [0.1, 0.15) is 18.9 Å². The molecule has 1 N–H and O–H groups in total. The van der Waals surface area contributed by atoms with Gasteiger partial charge in [-0.2, -0.15) is 0 Å². The van der Waals surface area contributed by atoms with Crippen molar-refractivity contribution in [2.45, 2.75) is 18.9 Å². The predicted molar refractivity (Wildman–Crippen MR) is 66.3 cm³/mol. The fraction of sp³-hybridized carbons (Fsp3) is 0.462. The molecule has 0 aromatic heterocycles. The molecule has 0 spiro atoms. The van der Waals surface area contributed by atoms with E-state index >= 15 is 0 Å². The number of carboxylic acid groups (broad SMARTS) is 1. The molecule has 0 heterocycles. The number of benzene rings is 1. The number of carbonyl (C=O) groups is 1. The molecule has 0 bridgehead atoms. The SMILES string of the molecule is COc1ccc(C(C)(CC(=O)O)N(C)C)cc1. The molecule has 0 saturated carbocycles. The zero-order valence-corrected chi connectivity index (χ0v) is 10.7. The van der Waals surface area contributed by atoms with E-state index < -0.39 is 11.5 Å². The van der Waals surface area contributed by atoms with E-state index in [1.165, 1.54) is 0 Å². The van der Waals surface area contributed by atoms with Gasteiger partial charge in [0.25, 0.3) is 0 Å². The highest BCUT2D eigenvalue weighted by Crippen LogP contribution is 2.30. The van der Waals surface area contributed by atoms with Gasteiger partial charge in [0.05, 0.1) is 19.1 Å². The second kappa shape index (κ2) is 5.19. The van der Waals surface area contributed by atoms with Gasteiger partial charge >= 0.3 is 5.97 Å². The minimum absolute atomic E-state index is 0.0618. The fourth-order valence-electron chi connectivity index (χ4n) is 1.76. The van der Waals surface area contributed by atoms with Crippen molar-refractivity contribution in [3.05, 3.63) is 29.8 Å². The van der Waals surface area contributed by atoms with Crippen molar-refractivity contribution in [2.24, 2.45) is 0 Å². The first kappa shape index (κ1) is 13.5. The van der Waals surface area contributed by atoms with E-state index in [-0.39, 0.29) is 6.42 Å². The summed E-state index contributed by atoms with van der Waals surface area (Å²) in [6.07, 6.45) is 0.0618. The summed E-state index contributed by atoms with van der Waals surface area (Å²) in [5, 5.41) is 9.01. The Bertz CT molecular complexity index is 386. The molecule has 0 aliphatic rings. The molecule has 0 aliphatic carbocycles. The molecular formula is C13H19NO3. The summed E-state index contributed by atoms with van der Waals surface area (Å²) in [6, 6.07) is 7.50. The Balaban J connectivity index is 3.08. The highest BCUT2D eigenvalue weighted by Gasteiger charge is 2.31. The second-order valence-corrected chi connectivity index (χ2v) is 4.47. The van der Waals surface area contributed by atoms with Crippen molar-refractivity contribution in [3.8, 4) is 5.75 Å².